The summed E-state index contributed by atoms with van der Waals surface area (Å²) in [7, 11) is 0. The van der Waals surface area contributed by atoms with E-state index in [4.69, 9.17) is 5.84 Å². The lowest BCUT2D eigenvalue weighted by Gasteiger charge is -2.14. The summed E-state index contributed by atoms with van der Waals surface area (Å²) in [5.41, 5.74) is 5.04. The van der Waals surface area contributed by atoms with Gasteiger partial charge < -0.3 is 10.7 Å². The number of hydrogen-bond donors (Lipinski definition) is 3. The molecule has 4 N–H and O–H groups in total. The van der Waals surface area contributed by atoms with Gasteiger partial charge in [-0.3, -0.25) is 0 Å². The summed E-state index contributed by atoms with van der Waals surface area (Å²) in [6.45, 7) is 3.82. The van der Waals surface area contributed by atoms with Gasteiger partial charge in [0, 0.05) is 11.3 Å². The number of aromatic nitrogens is 2. The van der Waals surface area contributed by atoms with Crippen LogP contribution in [0.3, 0.4) is 0 Å². The molecule has 0 fully saturated rings. The summed E-state index contributed by atoms with van der Waals surface area (Å²) < 4.78 is 13.1. The number of rotatable bonds is 4. The average Bonchev–Trinajstić information content (AvgIpc) is 2.41. The Morgan fingerprint density at radius 1 is 1.26 bits per heavy atom. The minimum atomic E-state index is -0.259. The number of benzene rings is 1. The van der Waals surface area contributed by atoms with E-state index in [1.807, 2.05) is 13.8 Å². The zero-order valence-corrected chi connectivity index (χ0v) is 10.9. The van der Waals surface area contributed by atoms with E-state index >= 15 is 0 Å². The number of halogens is 1. The molecule has 1 heterocycles. The van der Waals surface area contributed by atoms with Crippen LogP contribution in [0.4, 0.5) is 21.7 Å². The molecule has 0 atom stereocenters. The zero-order valence-electron chi connectivity index (χ0n) is 10.9. The lowest BCUT2D eigenvalue weighted by atomic mass is 10.1. The van der Waals surface area contributed by atoms with Crippen molar-refractivity contribution in [2.24, 2.45) is 5.84 Å². The highest BCUT2D eigenvalue weighted by Gasteiger charge is 2.10. The van der Waals surface area contributed by atoms with Crippen LogP contribution in [0, 0.1) is 12.7 Å². The van der Waals surface area contributed by atoms with Gasteiger partial charge in [-0.05, 0) is 37.1 Å². The average molecular weight is 261 g/mol. The Hall–Kier alpha value is -2.21. The van der Waals surface area contributed by atoms with Gasteiger partial charge in [0.2, 0.25) is 0 Å². The zero-order chi connectivity index (χ0) is 13.8. The van der Waals surface area contributed by atoms with Crippen LogP contribution in [-0.2, 0) is 6.42 Å². The number of nitrogen functional groups attached to an aromatic ring is 1. The first-order chi connectivity index (χ1) is 9.15. The van der Waals surface area contributed by atoms with Crippen molar-refractivity contribution in [3.8, 4) is 0 Å². The van der Waals surface area contributed by atoms with Gasteiger partial charge in [0.1, 0.15) is 23.8 Å². The van der Waals surface area contributed by atoms with E-state index in [-0.39, 0.29) is 5.82 Å². The molecule has 0 radical (unpaired) electrons. The summed E-state index contributed by atoms with van der Waals surface area (Å²) in [5.74, 6) is 6.41. The first-order valence-corrected chi connectivity index (χ1v) is 5.99. The van der Waals surface area contributed by atoms with Crippen molar-refractivity contribution in [3.63, 3.8) is 0 Å². The number of nitrogens with zero attached hydrogens (tertiary/aromatic N) is 2. The lowest BCUT2D eigenvalue weighted by molar-refractivity contribution is 0.627. The molecule has 0 aliphatic rings. The molecule has 0 saturated carbocycles. The van der Waals surface area contributed by atoms with Gasteiger partial charge in [-0.25, -0.2) is 20.2 Å². The third-order valence-corrected chi connectivity index (χ3v) is 2.88. The number of nitrogens with one attached hydrogen (secondary N) is 2. The number of anilines is 3. The molecule has 0 unspecified atom stereocenters. The molecule has 19 heavy (non-hydrogen) atoms. The lowest BCUT2D eigenvalue weighted by Crippen LogP contribution is -2.13. The minimum Gasteiger partial charge on any atom is -0.340 e. The van der Waals surface area contributed by atoms with Crippen molar-refractivity contribution in [2.75, 3.05) is 10.7 Å². The normalized spacial score (nSPS) is 10.3. The predicted octanol–water partition coefficient (Wildman–Crippen LogP) is 2.52. The SMILES string of the molecule is CCc1c(NN)ncnc1Nc1ccc(F)cc1C. The smallest absolute Gasteiger partial charge is 0.148 e. The molecule has 0 spiro atoms. The Kier molecular flexibility index (Phi) is 3.91. The van der Waals surface area contributed by atoms with Crippen LogP contribution in [0.25, 0.3) is 0 Å². The number of hydrogen-bond acceptors (Lipinski definition) is 5. The van der Waals surface area contributed by atoms with Crippen LogP contribution in [-0.4, -0.2) is 9.97 Å². The van der Waals surface area contributed by atoms with Crippen molar-refractivity contribution < 1.29 is 4.39 Å². The monoisotopic (exact) mass is 261 g/mol. The second-order valence-electron chi connectivity index (χ2n) is 4.13. The molecule has 1 aromatic heterocycles. The molecular weight excluding hydrogens is 245 g/mol. The fourth-order valence-corrected chi connectivity index (χ4v) is 1.87. The molecule has 2 rings (SSSR count). The summed E-state index contributed by atoms with van der Waals surface area (Å²) in [6, 6.07) is 4.56. The fourth-order valence-electron chi connectivity index (χ4n) is 1.87. The predicted molar refractivity (Wildman–Crippen MR) is 73.6 cm³/mol. The van der Waals surface area contributed by atoms with Crippen molar-refractivity contribution in [1.82, 2.24) is 9.97 Å². The van der Waals surface area contributed by atoms with Crippen molar-refractivity contribution >= 4 is 17.3 Å². The second-order valence-corrected chi connectivity index (χ2v) is 4.13. The largest absolute Gasteiger partial charge is 0.340 e. The Balaban J connectivity index is 2.37. The van der Waals surface area contributed by atoms with Crippen LogP contribution in [0.15, 0.2) is 24.5 Å². The first-order valence-electron chi connectivity index (χ1n) is 5.99. The number of hydrazine groups is 1. The van der Waals surface area contributed by atoms with E-state index in [1.165, 1.54) is 18.5 Å². The van der Waals surface area contributed by atoms with Crippen molar-refractivity contribution in [3.05, 3.63) is 41.5 Å². The molecule has 0 bridgehead atoms. The molecule has 0 saturated heterocycles. The minimum absolute atomic E-state index is 0.259. The Bertz CT molecular complexity index is 585. The fraction of sp³-hybridized carbons (Fsp3) is 0.231. The summed E-state index contributed by atoms with van der Waals surface area (Å²) in [4.78, 5) is 8.27. The van der Waals surface area contributed by atoms with Crippen LogP contribution in [0.5, 0.6) is 0 Å². The molecule has 1 aromatic carbocycles. The molecular formula is C13H16FN5. The standard InChI is InChI=1S/C13H16FN5/c1-3-10-12(16-7-17-13(10)19-15)18-11-5-4-9(14)6-8(11)2/h4-7H,3,15H2,1-2H3,(H2,16,17,18,19). The first kappa shape index (κ1) is 13.2. The van der Waals surface area contributed by atoms with Gasteiger partial charge in [0.15, 0.2) is 0 Å². The number of aryl methyl sites for hydroxylation is 1. The van der Waals surface area contributed by atoms with Crippen LogP contribution < -0.4 is 16.6 Å². The molecule has 0 amide bonds. The van der Waals surface area contributed by atoms with E-state index in [2.05, 4.69) is 20.7 Å². The highest BCUT2D eigenvalue weighted by Crippen LogP contribution is 2.25. The molecule has 5 nitrogen and oxygen atoms in total. The number of nitrogens with two attached hydrogens (primary N) is 1. The van der Waals surface area contributed by atoms with E-state index in [0.29, 0.717) is 11.6 Å². The van der Waals surface area contributed by atoms with Gasteiger partial charge in [-0.1, -0.05) is 6.92 Å². The van der Waals surface area contributed by atoms with E-state index in [0.717, 1.165) is 23.2 Å². The maximum Gasteiger partial charge on any atom is 0.148 e. The summed E-state index contributed by atoms with van der Waals surface area (Å²) in [6.07, 6.45) is 2.15. The second kappa shape index (κ2) is 5.62. The highest BCUT2D eigenvalue weighted by molar-refractivity contribution is 5.66. The van der Waals surface area contributed by atoms with E-state index in [1.54, 1.807) is 6.07 Å². The quantitative estimate of drug-likeness (QED) is 0.582. The van der Waals surface area contributed by atoms with Crippen LogP contribution >= 0.6 is 0 Å². The summed E-state index contributed by atoms with van der Waals surface area (Å²) in [5, 5.41) is 3.18. The Labute approximate surface area is 111 Å². The van der Waals surface area contributed by atoms with Crippen LogP contribution in [0.2, 0.25) is 0 Å². The highest BCUT2D eigenvalue weighted by atomic mass is 19.1. The van der Waals surface area contributed by atoms with Gasteiger partial charge in [0.25, 0.3) is 0 Å². The summed E-state index contributed by atoms with van der Waals surface area (Å²) >= 11 is 0. The van der Waals surface area contributed by atoms with E-state index in [9.17, 15) is 4.39 Å². The molecule has 0 aliphatic heterocycles. The molecule has 100 valence electrons. The third kappa shape index (κ3) is 2.79. The van der Waals surface area contributed by atoms with Gasteiger partial charge in [-0.15, -0.1) is 0 Å². The molecule has 6 heteroatoms. The van der Waals surface area contributed by atoms with Crippen molar-refractivity contribution in [2.45, 2.75) is 20.3 Å². The Morgan fingerprint density at radius 2 is 2.00 bits per heavy atom. The molecule has 2 aromatic rings. The van der Waals surface area contributed by atoms with Gasteiger partial charge in [-0.2, -0.15) is 0 Å². The van der Waals surface area contributed by atoms with E-state index < -0.39 is 0 Å². The van der Waals surface area contributed by atoms with Gasteiger partial charge in [0.05, 0.1) is 0 Å². The maximum absolute atomic E-state index is 13.1. The van der Waals surface area contributed by atoms with Crippen LogP contribution in [0.1, 0.15) is 18.1 Å². The Morgan fingerprint density at radius 3 is 2.63 bits per heavy atom. The molecule has 0 aliphatic carbocycles. The topological polar surface area (TPSA) is 75.9 Å². The van der Waals surface area contributed by atoms with Crippen molar-refractivity contribution in [1.29, 1.82) is 0 Å². The van der Waals surface area contributed by atoms with Gasteiger partial charge >= 0.3 is 0 Å². The third-order valence-electron chi connectivity index (χ3n) is 2.88. The maximum atomic E-state index is 13.1.